The fourth-order valence-corrected chi connectivity index (χ4v) is 3.94. The molecular formula is C28H20ClN3O3S. The quantitative estimate of drug-likeness (QED) is 0.242. The summed E-state index contributed by atoms with van der Waals surface area (Å²) in [6.07, 6.45) is 0. The molecule has 0 aliphatic carbocycles. The maximum Gasteiger partial charge on any atom is 0.257 e. The second-order valence-corrected chi connectivity index (χ2v) is 8.77. The molecule has 0 radical (unpaired) electrons. The van der Waals surface area contributed by atoms with Crippen molar-refractivity contribution in [1.29, 1.82) is 0 Å². The van der Waals surface area contributed by atoms with Crippen LogP contribution in [0.15, 0.2) is 101 Å². The van der Waals surface area contributed by atoms with Gasteiger partial charge in [0, 0.05) is 21.8 Å². The number of rotatable bonds is 6. The highest BCUT2D eigenvalue weighted by molar-refractivity contribution is 7.80. The van der Waals surface area contributed by atoms with Crippen molar-refractivity contribution < 1.29 is 13.9 Å². The fraction of sp³-hybridized carbons (Fsp3) is 0.0357. The highest BCUT2D eigenvalue weighted by Gasteiger charge is 2.12. The minimum absolute atomic E-state index is 0.164. The van der Waals surface area contributed by atoms with E-state index >= 15 is 0 Å². The zero-order valence-electron chi connectivity index (χ0n) is 18.9. The SMILES string of the molecule is O=C(NC(=S)Nc1cccc(-c2nc3cc(Cl)ccc3o2)c1)c1cccc(OCc2ccccc2)c1. The number of hydrogen-bond donors (Lipinski definition) is 2. The third kappa shape index (κ3) is 5.71. The number of ether oxygens (including phenoxy) is 1. The van der Waals surface area contributed by atoms with Crippen LogP contribution in [0.25, 0.3) is 22.6 Å². The Balaban J connectivity index is 1.22. The molecule has 0 unspecified atom stereocenters. The first-order valence-electron chi connectivity index (χ1n) is 11.1. The number of oxazole rings is 1. The summed E-state index contributed by atoms with van der Waals surface area (Å²) < 4.78 is 11.7. The second kappa shape index (κ2) is 10.6. The molecule has 8 heteroatoms. The van der Waals surface area contributed by atoms with Crippen molar-refractivity contribution in [3.63, 3.8) is 0 Å². The van der Waals surface area contributed by atoms with Crippen LogP contribution >= 0.6 is 23.8 Å². The molecule has 178 valence electrons. The second-order valence-electron chi connectivity index (χ2n) is 7.92. The summed E-state index contributed by atoms with van der Waals surface area (Å²) in [5, 5.41) is 6.49. The van der Waals surface area contributed by atoms with Crippen molar-refractivity contribution in [2.45, 2.75) is 6.61 Å². The van der Waals surface area contributed by atoms with E-state index in [2.05, 4.69) is 15.6 Å². The maximum absolute atomic E-state index is 12.8. The number of nitrogens with one attached hydrogen (secondary N) is 2. The van der Waals surface area contributed by atoms with Crippen molar-refractivity contribution in [3.8, 4) is 17.2 Å². The van der Waals surface area contributed by atoms with Crippen LogP contribution in [0.3, 0.4) is 0 Å². The number of anilines is 1. The Bertz CT molecular complexity index is 1550. The number of aromatic nitrogens is 1. The number of hydrogen-bond acceptors (Lipinski definition) is 5. The van der Waals surface area contributed by atoms with E-state index in [-0.39, 0.29) is 11.0 Å². The molecule has 1 heterocycles. The summed E-state index contributed by atoms with van der Waals surface area (Å²) in [5.41, 5.74) is 4.23. The van der Waals surface area contributed by atoms with Crippen molar-refractivity contribution >= 4 is 51.6 Å². The van der Waals surface area contributed by atoms with E-state index in [1.807, 2.05) is 60.7 Å². The van der Waals surface area contributed by atoms with Crippen molar-refractivity contribution in [2.75, 3.05) is 5.32 Å². The third-order valence-electron chi connectivity index (χ3n) is 5.29. The van der Waals surface area contributed by atoms with Gasteiger partial charge in [-0.2, -0.15) is 0 Å². The van der Waals surface area contributed by atoms with Gasteiger partial charge in [-0.3, -0.25) is 10.1 Å². The molecule has 0 bridgehead atoms. The molecule has 1 aromatic heterocycles. The minimum atomic E-state index is -0.343. The molecule has 36 heavy (non-hydrogen) atoms. The van der Waals surface area contributed by atoms with E-state index in [1.165, 1.54) is 0 Å². The predicted octanol–water partition coefficient (Wildman–Crippen LogP) is 6.85. The summed E-state index contributed by atoms with van der Waals surface area (Å²) in [7, 11) is 0. The molecule has 5 aromatic rings. The normalized spacial score (nSPS) is 10.7. The van der Waals surface area contributed by atoms with E-state index in [4.69, 9.17) is 33.0 Å². The zero-order chi connectivity index (χ0) is 24.9. The molecule has 0 aliphatic rings. The van der Waals surface area contributed by atoms with Gasteiger partial charge in [-0.1, -0.05) is 54.1 Å². The molecule has 0 spiro atoms. The number of carbonyl (C=O) groups excluding carboxylic acids is 1. The molecule has 0 atom stereocenters. The van der Waals surface area contributed by atoms with E-state index in [0.717, 1.165) is 11.1 Å². The Morgan fingerprint density at radius 1 is 0.944 bits per heavy atom. The van der Waals surface area contributed by atoms with E-state index in [9.17, 15) is 4.79 Å². The summed E-state index contributed by atoms with van der Waals surface area (Å²) >= 11 is 11.4. The van der Waals surface area contributed by atoms with Gasteiger partial charge in [0.25, 0.3) is 5.91 Å². The van der Waals surface area contributed by atoms with Gasteiger partial charge < -0.3 is 14.5 Å². The lowest BCUT2D eigenvalue weighted by atomic mass is 10.2. The smallest absolute Gasteiger partial charge is 0.257 e. The Labute approximate surface area is 217 Å². The molecule has 0 saturated carbocycles. The summed E-state index contributed by atoms with van der Waals surface area (Å²) in [6.45, 7) is 0.412. The number of nitrogens with zero attached hydrogens (tertiary/aromatic N) is 1. The van der Waals surface area contributed by atoms with Crippen LogP contribution in [-0.4, -0.2) is 16.0 Å². The molecule has 5 rings (SSSR count). The Kier molecular flexibility index (Phi) is 6.93. The van der Waals surface area contributed by atoms with Crippen molar-refractivity contribution in [1.82, 2.24) is 10.3 Å². The molecule has 0 aliphatic heterocycles. The monoisotopic (exact) mass is 513 g/mol. The molecule has 2 N–H and O–H groups in total. The van der Waals surface area contributed by atoms with E-state index < -0.39 is 0 Å². The number of amides is 1. The first kappa shape index (κ1) is 23.5. The van der Waals surface area contributed by atoms with Crippen molar-refractivity contribution in [2.24, 2.45) is 0 Å². The molecule has 6 nitrogen and oxygen atoms in total. The topological polar surface area (TPSA) is 76.4 Å². The predicted molar refractivity (Wildman–Crippen MR) is 145 cm³/mol. The first-order valence-corrected chi connectivity index (χ1v) is 11.9. The minimum Gasteiger partial charge on any atom is -0.489 e. The summed E-state index contributed by atoms with van der Waals surface area (Å²) in [4.78, 5) is 17.3. The van der Waals surface area contributed by atoms with Gasteiger partial charge in [-0.15, -0.1) is 0 Å². The van der Waals surface area contributed by atoms with Gasteiger partial charge in [0.2, 0.25) is 5.89 Å². The molecule has 0 fully saturated rings. The number of halogens is 1. The van der Waals surface area contributed by atoms with Crippen molar-refractivity contribution in [3.05, 3.63) is 113 Å². The average molecular weight is 514 g/mol. The van der Waals surface area contributed by atoms with Crippen LogP contribution in [-0.2, 0) is 6.61 Å². The van der Waals surface area contributed by atoms with Crippen LogP contribution in [0.5, 0.6) is 5.75 Å². The van der Waals surface area contributed by atoms with Crippen LogP contribution in [0, 0.1) is 0 Å². The fourth-order valence-electron chi connectivity index (χ4n) is 3.56. The van der Waals surface area contributed by atoms with Gasteiger partial charge in [-0.05, 0) is 72.4 Å². The van der Waals surface area contributed by atoms with Crippen LogP contribution < -0.4 is 15.4 Å². The maximum atomic E-state index is 12.8. The summed E-state index contributed by atoms with van der Waals surface area (Å²) in [6, 6.07) is 29.5. The first-order chi connectivity index (χ1) is 17.5. The molecule has 0 saturated heterocycles. The van der Waals surface area contributed by atoms with E-state index in [1.54, 1.807) is 36.4 Å². The number of benzene rings is 4. The van der Waals surface area contributed by atoms with Gasteiger partial charge in [0.05, 0.1) is 0 Å². The largest absolute Gasteiger partial charge is 0.489 e. The molecule has 1 amide bonds. The lowest BCUT2D eigenvalue weighted by Gasteiger charge is -2.11. The number of fused-ring (bicyclic) bond motifs is 1. The highest BCUT2D eigenvalue weighted by atomic mass is 35.5. The standard InChI is InChI=1S/C28H20ClN3O3S/c29-21-12-13-25-24(16-21)31-27(35-25)20-9-4-10-22(14-20)30-28(36)32-26(33)19-8-5-11-23(15-19)34-17-18-6-2-1-3-7-18/h1-16H,17H2,(H2,30,32,33,36). The third-order valence-corrected chi connectivity index (χ3v) is 5.73. The summed E-state index contributed by atoms with van der Waals surface area (Å²) in [5.74, 6) is 0.709. The van der Waals surface area contributed by atoms with Gasteiger partial charge >= 0.3 is 0 Å². The van der Waals surface area contributed by atoms with E-state index in [0.29, 0.717) is 45.6 Å². The number of thiocarbonyl (C=S) groups is 1. The zero-order valence-corrected chi connectivity index (χ0v) is 20.5. The molecular weight excluding hydrogens is 494 g/mol. The van der Waals surface area contributed by atoms with Crippen LogP contribution in [0.2, 0.25) is 5.02 Å². The average Bonchev–Trinajstić information content (AvgIpc) is 3.32. The van der Waals surface area contributed by atoms with Gasteiger partial charge in [0.15, 0.2) is 10.7 Å². The number of carbonyl (C=O) groups is 1. The Morgan fingerprint density at radius 2 is 1.78 bits per heavy atom. The Hall–Kier alpha value is -4.20. The molecule has 4 aromatic carbocycles. The lowest BCUT2D eigenvalue weighted by molar-refractivity contribution is 0.0977. The van der Waals surface area contributed by atoms with Crippen LogP contribution in [0.4, 0.5) is 5.69 Å². The highest BCUT2D eigenvalue weighted by Crippen LogP contribution is 2.27. The lowest BCUT2D eigenvalue weighted by Crippen LogP contribution is -2.34. The van der Waals surface area contributed by atoms with Gasteiger partial charge in [0.1, 0.15) is 17.9 Å². The van der Waals surface area contributed by atoms with Crippen LogP contribution in [0.1, 0.15) is 15.9 Å². The van der Waals surface area contributed by atoms with Gasteiger partial charge in [-0.25, -0.2) is 4.98 Å². The Morgan fingerprint density at radius 3 is 2.64 bits per heavy atom.